The van der Waals surface area contributed by atoms with Crippen LogP contribution in [0.2, 0.25) is 0 Å². The second-order valence-electron chi connectivity index (χ2n) is 3.34. The van der Waals surface area contributed by atoms with E-state index in [0.717, 1.165) is 13.1 Å². The number of piperazine rings is 1. The van der Waals surface area contributed by atoms with Crippen molar-refractivity contribution in [1.82, 2.24) is 10.2 Å². The summed E-state index contributed by atoms with van der Waals surface area (Å²) in [5.74, 6) is 0. The lowest BCUT2D eigenvalue weighted by molar-refractivity contribution is 0.102. The first-order valence-corrected chi connectivity index (χ1v) is 4.22. The van der Waals surface area contributed by atoms with Gasteiger partial charge in [0.15, 0.2) is 0 Å². The second-order valence-corrected chi connectivity index (χ2v) is 3.34. The SMILES string of the molecule is COC(=O)N1C[C@@H](C)N[C@H](C)C1. The van der Waals surface area contributed by atoms with Gasteiger partial charge in [0.05, 0.1) is 7.11 Å². The van der Waals surface area contributed by atoms with Crippen molar-refractivity contribution >= 4 is 6.09 Å². The van der Waals surface area contributed by atoms with Crippen molar-refractivity contribution in [2.75, 3.05) is 20.2 Å². The van der Waals surface area contributed by atoms with E-state index in [1.54, 1.807) is 4.90 Å². The van der Waals surface area contributed by atoms with Gasteiger partial charge < -0.3 is 15.0 Å². The maximum Gasteiger partial charge on any atom is 0.409 e. The van der Waals surface area contributed by atoms with Gasteiger partial charge in [-0.15, -0.1) is 0 Å². The third-order valence-corrected chi connectivity index (χ3v) is 1.99. The molecule has 1 aliphatic heterocycles. The molecule has 0 aromatic rings. The molecule has 1 heterocycles. The average Bonchev–Trinajstić information content (AvgIpc) is 2.01. The number of hydrogen-bond acceptors (Lipinski definition) is 3. The monoisotopic (exact) mass is 172 g/mol. The van der Waals surface area contributed by atoms with Crippen LogP contribution in [-0.2, 0) is 4.74 Å². The summed E-state index contributed by atoms with van der Waals surface area (Å²) >= 11 is 0. The Morgan fingerprint density at radius 3 is 2.33 bits per heavy atom. The summed E-state index contributed by atoms with van der Waals surface area (Å²) in [7, 11) is 1.42. The normalized spacial score (nSPS) is 30.1. The molecule has 1 fully saturated rings. The van der Waals surface area contributed by atoms with E-state index >= 15 is 0 Å². The van der Waals surface area contributed by atoms with Crippen LogP contribution in [0.15, 0.2) is 0 Å². The Kier molecular flexibility index (Phi) is 2.92. The number of nitrogens with one attached hydrogen (secondary N) is 1. The summed E-state index contributed by atoms with van der Waals surface area (Å²) in [5, 5.41) is 3.34. The minimum Gasteiger partial charge on any atom is -0.453 e. The van der Waals surface area contributed by atoms with Gasteiger partial charge in [-0.25, -0.2) is 4.79 Å². The average molecular weight is 172 g/mol. The molecule has 1 N–H and O–H groups in total. The fraction of sp³-hybridized carbons (Fsp3) is 0.875. The molecule has 4 nitrogen and oxygen atoms in total. The van der Waals surface area contributed by atoms with Crippen molar-refractivity contribution in [3.63, 3.8) is 0 Å². The van der Waals surface area contributed by atoms with Gasteiger partial charge >= 0.3 is 6.09 Å². The third-order valence-electron chi connectivity index (χ3n) is 1.99. The molecule has 0 aromatic carbocycles. The minimum absolute atomic E-state index is 0.227. The number of rotatable bonds is 0. The molecule has 1 aliphatic rings. The van der Waals surface area contributed by atoms with Gasteiger partial charge in [-0.1, -0.05) is 0 Å². The summed E-state index contributed by atoms with van der Waals surface area (Å²) < 4.78 is 4.65. The van der Waals surface area contributed by atoms with Crippen LogP contribution in [0.5, 0.6) is 0 Å². The molecule has 1 rings (SSSR count). The molecule has 1 amide bonds. The van der Waals surface area contributed by atoms with Gasteiger partial charge in [-0.2, -0.15) is 0 Å². The van der Waals surface area contributed by atoms with Crippen molar-refractivity contribution in [1.29, 1.82) is 0 Å². The Bertz CT molecular complexity index is 162. The molecule has 0 bridgehead atoms. The topological polar surface area (TPSA) is 41.6 Å². The molecule has 0 aromatic heterocycles. The van der Waals surface area contributed by atoms with Crippen LogP contribution >= 0.6 is 0 Å². The van der Waals surface area contributed by atoms with E-state index in [1.165, 1.54) is 7.11 Å². The van der Waals surface area contributed by atoms with Gasteiger partial charge in [-0.05, 0) is 13.8 Å². The Balaban J connectivity index is 2.49. The number of hydrogen-bond donors (Lipinski definition) is 1. The van der Waals surface area contributed by atoms with Crippen molar-refractivity contribution in [2.24, 2.45) is 0 Å². The predicted molar refractivity (Wildman–Crippen MR) is 46.0 cm³/mol. The largest absolute Gasteiger partial charge is 0.453 e. The van der Waals surface area contributed by atoms with E-state index < -0.39 is 0 Å². The Morgan fingerprint density at radius 2 is 1.92 bits per heavy atom. The van der Waals surface area contributed by atoms with Crippen LogP contribution < -0.4 is 5.32 Å². The highest BCUT2D eigenvalue weighted by atomic mass is 16.5. The van der Waals surface area contributed by atoms with Gasteiger partial charge in [0.1, 0.15) is 0 Å². The van der Waals surface area contributed by atoms with E-state index in [2.05, 4.69) is 23.9 Å². The summed E-state index contributed by atoms with van der Waals surface area (Å²) in [6, 6.07) is 0.709. The lowest BCUT2D eigenvalue weighted by Gasteiger charge is -2.34. The Hall–Kier alpha value is -0.770. The van der Waals surface area contributed by atoms with Gasteiger partial charge in [-0.3, -0.25) is 0 Å². The van der Waals surface area contributed by atoms with Crippen LogP contribution in [0.1, 0.15) is 13.8 Å². The lowest BCUT2D eigenvalue weighted by Crippen LogP contribution is -2.55. The molecule has 70 valence electrons. The number of methoxy groups -OCH3 is 1. The summed E-state index contributed by atoms with van der Waals surface area (Å²) in [5.41, 5.74) is 0. The first-order valence-electron chi connectivity index (χ1n) is 4.22. The van der Waals surface area contributed by atoms with Crippen LogP contribution in [0.3, 0.4) is 0 Å². The molecule has 0 unspecified atom stereocenters. The zero-order chi connectivity index (χ0) is 9.14. The quantitative estimate of drug-likeness (QED) is 0.576. The Morgan fingerprint density at radius 1 is 1.42 bits per heavy atom. The summed E-state index contributed by atoms with van der Waals surface area (Å²) in [6.45, 7) is 5.59. The predicted octanol–water partition coefficient (Wildman–Crippen LogP) is 0.435. The fourth-order valence-corrected chi connectivity index (χ4v) is 1.60. The number of carbonyl (C=O) groups excluding carboxylic acids is 1. The standard InChI is InChI=1S/C8H16N2O2/c1-6-4-10(8(11)12-3)5-7(2)9-6/h6-7,9H,4-5H2,1-3H3/t6-,7-/m1/s1. The highest BCUT2D eigenvalue weighted by molar-refractivity contribution is 5.67. The molecule has 0 aliphatic carbocycles. The fourth-order valence-electron chi connectivity index (χ4n) is 1.60. The van der Waals surface area contributed by atoms with Gasteiger partial charge in [0, 0.05) is 25.2 Å². The second kappa shape index (κ2) is 3.76. The van der Waals surface area contributed by atoms with Crippen LogP contribution in [0.25, 0.3) is 0 Å². The molecule has 2 atom stereocenters. The van der Waals surface area contributed by atoms with Gasteiger partial charge in [0.25, 0.3) is 0 Å². The van der Waals surface area contributed by atoms with Crippen molar-refractivity contribution < 1.29 is 9.53 Å². The smallest absolute Gasteiger partial charge is 0.409 e. The maximum absolute atomic E-state index is 11.1. The van der Waals surface area contributed by atoms with Gasteiger partial charge in [0.2, 0.25) is 0 Å². The molecular weight excluding hydrogens is 156 g/mol. The van der Waals surface area contributed by atoms with E-state index in [-0.39, 0.29) is 6.09 Å². The molecule has 0 spiro atoms. The number of nitrogens with zero attached hydrogens (tertiary/aromatic N) is 1. The minimum atomic E-state index is -0.227. The molecule has 4 heteroatoms. The molecule has 0 radical (unpaired) electrons. The Labute approximate surface area is 72.9 Å². The van der Waals surface area contributed by atoms with Crippen LogP contribution in [-0.4, -0.2) is 43.3 Å². The number of carbonyl (C=O) groups is 1. The number of ether oxygens (including phenoxy) is 1. The van der Waals surface area contributed by atoms with E-state index in [1.807, 2.05) is 0 Å². The maximum atomic E-state index is 11.1. The third kappa shape index (κ3) is 2.11. The lowest BCUT2D eigenvalue weighted by atomic mass is 10.2. The first kappa shape index (κ1) is 9.32. The first-order chi connectivity index (χ1) is 5.63. The van der Waals surface area contributed by atoms with Crippen molar-refractivity contribution in [2.45, 2.75) is 25.9 Å². The summed E-state index contributed by atoms with van der Waals surface area (Å²) in [6.07, 6.45) is -0.227. The zero-order valence-electron chi connectivity index (χ0n) is 7.83. The highest BCUT2D eigenvalue weighted by Crippen LogP contribution is 2.04. The molecule has 12 heavy (non-hydrogen) atoms. The summed E-state index contributed by atoms with van der Waals surface area (Å²) in [4.78, 5) is 12.9. The highest BCUT2D eigenvalue weighted by Gasteiger charge is 2.24. The van der Waals surface area contributed by atoms with Crippen molar-refractivity contribution in [3.05, 3.63) is 0 Å². The zero-order valence-corrected chi connectivity index (χ0v) is 7.83. The number of amides is 1. The molecule has 0 saturated carbocycles. The van der Waals surface area contributed by atoms with E-state index in [4.69, 9.17) is 0 Å². The van der Waals surface area contributed by atoms with Crippen LogP contribution in [0, 0.1) is 0 Å². The van der Waals surface area contributed by atoms with Crippen molar-refractivity contribution in [3.8, 4) is 0 Å². The van der Waals surface area contributed by atoms with E-state index in [9.17, 15) is 4.79 Å². The molecule has 1 saturated heterocycles. The van der Waals surface area contributed by atoms with E-state index in [0.29, 0.717) is 12.1 Å². The molecular formula is C8H16N2O2. The van der Waals surface area contributed by atoms with Crippen LogP contribution in [0.4, 0.5) is 4.79 Å².